The lowest BCUT2D eigenvalue weighted by molar-refractivity contribution is -0.122. The minimum atomic E-state index is -0.0840. The van der Waals surface area contributed by atoms with Crippen LogP contribution in [0.4, 0.5) is 0 Å². The van der Waals surface area contributed by atoms with Crippen LogP contribution in [0.25, 0.3) is 0 Å². The van der Waals surface area contributed by atoms with Gasteiger partial charge in [-0.1, -0.05) is 30.3 Å². The second kappa shape index (κ2) is 8.05. The number of imidazole rings is 1. The molecule has 7 heteroatoms. The standard InChI is InChI=1S/C17H20N6O/c24-17(7-4-9-23-14-19-12-20-23)21-16(11-22-10-8-18-13-22)15-5-2-1-3-6-15/h1-3,5-6,8,10,12-14,16H,4,7,9,11H2,(H,21,24)/t16-/m0/s1. The highest BCUT2D eigenvalue weighted by atomic mass is 16.1. The van der Waals surface area contributed by atoms with Crippen LogP contribution in [0.5, 0.6) is 0 Å². The van der Waals surface area contributed by atoms with Crippen LogP contribution in [0.3, 0.4) is 0 Å². The van der Waals surface area contributed by atoms with Gasteiger partial charge in [-0.05, 0) is 12.0 Å². The number of hydrogen-bond donors (Lipinski definition) is 1. The Balaban J connectivity index is 1.57. The van der Waals surface area contributed by atoms with Crippen molar-refractivity contribution in [3.05, 3.63) is 67.3 Å². The Morgan fingerprint density at radius 1 is 1.17 bits per heavy atom. The second-order valence-electron chi connectivity index (χ2n) is 5.55. The fourth-order valence-corrected chi connectivity index (χ4v) is 2.54. The summed E-state index contributed by atoms with van der Waals surface area (Å²) in [6, 6.07) is 9.89. The molecule has 3 aromatic rings. The summed E-state index contributed by atoms with van der Waals surface area (Å²) in [6.45, 7) is 1.34. The first-order valence-corrected chi connectivity index (χ1v) is 7.94. The molecule has 0 aliphatic heterocycles. The molecule has 0 bridgehead atoms. The molecule has 0 unspecified atom stereocenters. The van der Waals surface area contributed by atoms with Gasteiger partial charge in [-0.15, -0.1) is 0 Å². The summed E-state index contributed by atoms with van der Waals surface area (Å²) >= 11 is 0. The lowest BCUT2D eigenvalue weighted by Crippen LogP contribution is -2.31. The highest BCUT2D eigenvalue weighted by Gasteiger charge is 2.15. The Morgan fingerprint density at radius 3 is 2.75 bits per heavy atom. The molecule has 24 heavy (non-hydrogen) atoms. The highest BCUT2D eigenvalue weighted by Crippen LogP contribution is 2.15. The van der Waals surface area contributed by atoms with Crippen LogP contribution < -0.4 is 5.32 Å². The van der Waals surface area contributed by atoms with Gasteiger partial charge in [0, 0.05) is 31.9 Å². The first-order chi connectivity index (χ1) is 11.8. The van der Waals surface area contributed by atoms with Gasteiger partial charge in [-0.2, -0.15) is 5.10 Å². The van der Waals surface area contributed by atoms with Gasteiger partial charge in [0.05, 0.1) is 12.4 Å². The van der Waals surface area contributed by atoms with Crippen LogP contribution >= 0.6 is 0 Å². The van der Waals surface area contributed by atoms with Crippen LogP contribution in [0.2, 0.25) is 0 Å². The summed E-state index contributed by atoms with van der Waals surface area (Å²) in [5.41, 5.74) is 1.08. The monoisotopic (exact) mass is 324 g/mol. The first kappa shape index (κ1) is 15.9. The zero-order chi connectivity index (χ0) is 16.6. The molecule has 0 saturated carbocycles. The largest absolute Gasteiger partial charge is 0.347 e. The van der Waals surface area contributed by atoms with Gasteiger partial charge in [0.1, 0.15) is 12.7 Å². The molecule has 7 nitrogen and oxygen atoms in total. The van der Waals surface area contributed by atoms with E-state index in [4.69, 9.17) is 0 Å². The van der Waals surface area contributed by atoms with E-state index in [1.54, 1.807) is 23.5 Å². The molecule has 0 fully saturated rings. The van der Waals surface area contributed by atoms with Gasteiger partial charge >= 0.3 is 0 Å². The van der Waals surface area contributed by atoms with E-state index in [9.17, 15) is 4.79 Å². The number of carbonyl (C=O) groups excluding carboxylic acids is 1. The number of aryl methyl sites for hydroxylation is 1. The summed E-state index contributed by atoms with van der Waals surface area (Å²) in [5, 5.41) is 7.15. The molecular weight excluding hydrogens is 304 g/mol. The van der Waals surface area contributed by atoms with Crippen LogP contribution in [-0.2, 0) is 17.9 Å². The van der Waals surface area contributed by atoms with Gasteiger partial charge in [-0.3, -0.25) is 9.48 Å². The summed E-state index contributed by atoms with van der Waals surface area (Å²) in [7, 11) is 0. The molecule has 2 heterocycles. The van der Waals surface area contributed by atoms with E-state index in [1.807, 2.05) is 41.1 Å². The number of amides is 1. The molecule has 1 amide bonds. The Bertz CT molecular complexity index is 724. The fraction of sp³-hybridized carbons (Fsp3) is 0.294. The van der Waals surface area contributed by atoms with Crippen molar-refractivity contribution in [1.82, 2.24) is 29.6 Å². The quantitative estimate of drug-likeness (QED) is 0.685. The lowest BCUT2D eigenvalue weighted by atomic mass is 10.1. The third-order valence-corrected chi connectivity index (χ3v) is 3.75. The van der Waals surface area contributed by atoms with Crippen LogP contribution in [-0.4, -0.2) is 30.2 Å². The zero-order valence-corrected chi connectivity index (χ0v) is 13.3. The third kappa shape index (κ3) is 4.52. The van der Waals surface area contributed by atoms with E-state index < -0.39 is 0 Å². The average Bonchev–Trinajstić information content (AvgIpc) is 3.29. The van der Waals surface area contributed by atoms with Gasteiger partial charge in [0.25, 0.3) is 0 Å². The van der Waals surface area contributed by atoms with E-state index in [0.29, 0.717) is 19.5 Å². The van der Waals surface area contributed by atoms with Crippen molar-refractivity contribution in [1.29, 1.82) is 0 Å². The fourth-order valence-electron chi connectivity index (χ4n) is 2.54. The van der Waals surface area contributed by atoms with Gasteiger partial charge in [0.15, 0.2) is 0 Å². The van der Waals surface area contributed by atoms with E-state index in [0.717, 1.165) is 12.0 Å². The maximum absolute atomic E-state index is 12.3. The maximum atomic E-state index is 12.3. The van der Waals surface area contributed by atoms with Crippen molar-refractivity contribution in [2.45, 2.75) is 32.0 Å². The number of aromatic nitrogens is 5. The molecule has 1 atom stereocenters. The van der Waals surface area contributed by atoms with Crippen molar-refractivity contribution >= 4 is 5.91 Å². The second-order valence-corrected chi connectivity index (χ2v) is 5.55. The molecule has 3 rings (SSSR count). The van der Waals surface area contributed by atoms with Crippen LogP contribution in [0.15, 0.2) is 61.7 Å². The SMILES string of the molecule is O=C(CCCn1cncn1)N[C@@H](Cn1ccnc1)c1ccccc1. The lowest BCUT2D eigenvalue weighted by Gasteiger charge is -2.20. The van der Waals surface area contributed by atoms with E-state index in [2.05, 4.69) is 20.4 Å². The highest BCUT2D eigenvalue weighted by molar-refractivity contribution is 5.76. The summed E-state index contributed by atoms with van der Waals surface area (Å²) in [6.07, 6.45) is 9.72. The van der Waals surface area contributed by atoms with E-state index in [1.165, 1.54) is 6.33 Å². The number of nitrogens with zero attached hydrogens (tertiary/aromatic N) is 5. The average molecular weight is 324 g/mol. The molecule has 2 aromatic heterocycles. The number of hydrogen-bond acceptors (Lipinski definition) is 4. The van der Waals surface area contributed by atoms with E-state index >= 15 is 0 Å². The number of benzene rings is 1. The molecular formula is C17H20N6O. The normalized spacial score (nSPS) is 12.0. The zero-order valence-electron chi connectivity index (χ0n) is 13.3. The van der Waals surface area contributed by atoms with Crippen molar-refractivity contribution in [3.63, 3.8) is 0 Å². The smallest absolute Gasteiger partial charge is 0.220 e. The van der Waals surface area contributed by atoms with Crippen molar-refractivity contribution in [2.24, 2.45) is 0 Å². The van der Waals surface area contributed by atoms with Crippen molar-refractivity contribution < 1.29 is 4.79 Å². The van der Waals surface area contributed by atoms with E-state index in [-0.39, 0.29) is 11.9 Å². The third-order valence-electron chi connectivity index (χ3n) is 3.75. The summed E-state index contributed by atoms with van der Waals surface area (Å²) in [4.78, 5) is 20.3. The van der Waals surface area contributed by atoms with Gasteiger partial charge < -0.3 is 9.88 Å². The minimum absolute atomic E-state index is 0.0316. The van der Waals surface area contributed by atoms with Crippen molar-refractivity contribution in [3.8, 4) is 0 Å². The van der Waals surface area contributed by atoms with Crippen LogP contribution in [0.1, 0.15) is 24.4 Å². The Kier molecular flexibility index (Phi) is 5.34. The summed E-state index contributed by atoms with van der Waals surface area (Å²) in [5.74, 6) is 0.0316. The van der Waals surface area contributed by atoms with Crippen LogP contribution in [0, 0.1) is 0 Å². The van der Waals surface area contributed by atoms with Gasteiger partial charge in [-0.25, -0.2) is 9.97 Å². The molecule has 124 valence electrons. The summed E-state index contributed by atoms with van der Waals surface area (Å²) < 4.78 is 3.70. The molecule has 1 N–H and O–H groups in total. The number of nitrogens with one attached hydrogen (secondary N) is 1. The minimum Gasteiger partial charge on any atom is -0.347 e. The predicted molar refractivity (Wildman–Crippen MR) is 88.8 cm³/mol. The molecule has 1 aromatic carbocycles. The number of rotatable bonds is 8. The first-order valence-electron chi connectivity index (χ1n) is 7.94. The topological polar surface area (TPSA) is 77.6 Å². The van der Waals surface area contributed by atoms with Crippen molar-refractivity contribution in [2.75, 3.05) is 0 Å². The maximum Gasteiger partial charge on any atom is 0.220 e. The number of carbonyl (C=O) groups is 1. The Morgan fingerprint density at radius 2 is 2.04 bits per heavy atom. The Labute approximate surface area is 140 Å². The molecule has 0 aliphatic carbocycles. The molecule has 0 spiro atoms. The molecule has 0 radical (unpaired) electrons. The molecule has 0 aliphatic rings. The predicted octanol–water partition coefficient (Wildman–Crippen LogP) is 1.81. The van der Waals surface area contributed by atoms with Gasteiger partial charge in [0.2, 0.25) is 5.91 Å². The molecule has 0 saturated heterocycles. The Hall–Kier alpha value is -2.96.